The van der Waals surface area contributed by atoms with Crippen LogP contribution in [0.4, 0.5) is 5.82 Å². The van der Waals surface area contributed by atoms with E-state index in [1.165, 1.54) is 0 Å². The average Bonchev–Trinajstić information content (AvgIpc) is 2.48. The number of carbonyl (C=O) groups excluding carboxylic acids is 1. The molecule has 0 radical (unpaired) electrons. The molecule has 14 heavy (non-hydrogen) atoms. The number of ether oxygens (including phenoxy) is 1. The number of nitrogens with one attached hydrogen (secondary N) is 1. The Labute approximate surface area is 82.4 Å². The number of rotatable bonds is 4. The average molecular weight is 198 g/mol. The number of aromatic nitrogens is 1. The minimum atomic E-state index is -0.401. The van der Waals surface area contributed by atoms with Crippen LogP contribution in [0.25, 0.3) is 0 Å². The van der Waals surface area contributed by atoms with Crippen LogP contribution in [0.1, 0.15) is 30.0 Å². The van der Waals surface area contributed by atoms with Crippen molar-refractivity contribution in [2.75, 3.05) is 18.5 Å². The van der Waals surface area contributed by atoms with E-state index in [1.807, 2.05) is 6.92 Å². The molecule has 5 nitrogen and oxygen atoms in total. The number of hydrogen-bond acceptors (Lipinski definition) is 5. The van der Waals surface area contributed by atoms with E-state index in [9.17, 15) is 4.79 Å². The lowest BCUT2D eigenvalue weighted by Crippen LogP contribution is -2.09. The first-order valence-electron chi connectivity index (χ1n) is 4.57. The molecule has 1 heterocycles. The second-order valence-corrected chi connectivity index (χ2v) is 2.71. The summed E-state index contributed by atoms with van der Waals surface area (Å²) in [5.41, 5.74) is 0.383. The van der Waals surface area contributed by atoms with Gasteiger partial charge in [0, 0.05) is 6.54 Å². The zero-order valence-electron chi connectivity index (χ0n) is 8.59. The first kappa shape index (κ1) is 10.6. The fourth-order valence-corrected chi connectivity index (χ4v) is 1.10. The molecule has 1 aromatic heterocycles. The molecule has 0 aliphatic heterocycles. The van der Waals surface area contributed by atoms with E-state index >= 15 is 0 Å². The van der Waals surface area contributed by atoms with Gasteiger partial charge in [-0.25, -0.2) is 4.79 Å². The molecule has 0 aromatic carbocycles. The number of carbonyl (C=O) groups is 1. The third-order valence-corrected chi connectivity index (χ3v) is 1.69. The fraction of sp³-hybridized carbons (Fsp3) is 0.556. The van der Waals surface area contributed by atoms with Crippen LogP contribution in [0.15, 0.2) is 4.52 Å². The van der Waals surface area contributed by atoms with Gasteiger partial charge in [0.05, 0.1) is 6.61 Å². The van der Waals surface area contributed by atoms with Gasteiger partial charge >= 0.3 is 5.97 Å². The zero-order valence-corrected chi connectivity index (χ0v) is 8.59. The van der Waals surface area contributed by atoms with E-state index in [4.69, 9.17) is 9.26 Å². The SMILES string of the molecule is CCNc1noc(C)c1C(=O)OCC. The lowest BCUT2D eigenvalue weighted by Gasteiger charge is -2.02. The summed E-state index contributed by atoms with van der Waals surface area (Å²) >= 11 is 0. The molecule has 0 aliphatic carbocycles. The lowest BCUT2D eigenvalue weighted by molar-refractivity contribution is 0.0525. The van der Waals surface area contributed by atoms with Gasteiger partial charge in [-0.15, -0.1) is 0 Å². The Morgan fingerprint density at radius 2 is 2.29 bits per heavy atom. The van der Waals surface area contributed by atoms with Gasteiger partial charge in [0.15, 0.2) is 11.6 Å². The van der Waals surface area contributed by atoms with Gasteiger partial charge in [-0.3, -0.25) is 0 Å². The van der Waals surface area contributed by atoms with Crippen LogP contribution >= 0.6 is 0 Å². The molecule has 0 saturated carbocycles. The Morgan fingerprint density at radius 1 is 1.57 bits per heavy atom. The highest BCUT2D eigenvalue weighted by Crippen LogP contribution is 2.19. The van der Waals surface area contributed by atoms with Crippen molar-refractivity contribution in [2.24, 2.45) is 0 Å². The van der Waals surface area contributed by atoms with E-state index in [0.29, 0.717) is 30.3 Å². The molecule has 1 aromatic rings. The molecule has 78 valence electrons. The molecule has 0 saturated heterocycles. The van der Waals surface area contributed by atoms with Gasteiger partial charge in [-0.1, -0.05) is 5.16 Å². The van der Waals surface area contributed by atoms with Gasteiger partial charge in [0.25, 0.3) is 0 Å². The van der Waals surface area contributed by atoms with Crippen molar-refractivity contribution in [2.45, 2.75) is 20.8 Å². The van der Waals surface area contributed by atoms with Gasteiger partial charge < -0.3 is 14.6 Å². The second-order valence-electron chi connectivity index (χ2n) is 2.71. The molecule has 0 bridgehead atoms. The molecule has 5 heteroatoms. The maximum Gasteiger partial charge on any atom is 0.345 e. The first-order valence-corrected chi connectivity index (χ1v) is 4.57. The van der Waals surface area contributed by atoms with Crippen LogP contribution < -0.4 is 5.32 Å². The maximum atomic E-state index is 11.5. The van der Waals surface area contributed by atoms with Crippen LogP contribution in [-0.4, -0.2) is 24.3 Å². The molecular weight excluding hydrogens is 184 g/mol. The summed E-state index contributed by atoms with van der Waals surface area (Å²) in [6.45, 7) is 6.38. The number of anilines is 1. The Hall–Kier alpha value is -1.52. The van der Waals surface area contributed by atoms with Crippen molar-refractivity contribution in [3.63, 3.8) is 0 Å². The summed E-state index contributed by atoms with van der Waals surface area (Å²) in [6, 6.07) is 0. The first-order chi connectivity index (χ1) is 6.70. The topological polar surface area (TPSA) is 64.4 Å². The van der Waals surface area contributed by atoms with Gasteiger partial charge in [-0.05, 0) is 20.8 Å². The van der Waals surface area contributed by atoms with E-state index in [2.05, 4.69) is 10.5 Å². The standard InChI is InChI=1S/C9H14N2O3/c1-4-10-8-7(6(3)14-11-8)9(12)13-5-2/h4-5H2,1-3H3,(H,10,11). The van der Waals surface area contributed by atoms with Crippen LogP contribution in [0.2, 0.25) is 0 Å². The molecular formula is C9H14N2O3. The fourth-order valence-electron chi connectivity index (χ4n) is 1.10. The Kier molecular flexibility index (Phi) is 3.50. The molecule has 0 amide bonds. The number of hydrogen-bond donors (Lipinski definition) is 1. The third kappa shape index (κ3) is 2.04. The summed E-state index contributed by atoms with van der Waals surface area (Å²) in [5.74, 6) is 0.519. The van der Waals surface area contributed by atoms with E-state index in [0.717, 1.165) is 0 Å². The number of nitrogens with zero attached hydrogens (tertiary/aromatic N) is 1. The van der Waals surface area contributed by atoms with Crippen LogP contribution in [0.3, 0.4) is 0 Å². The van der Waals surface area contributed by atoms with Crippen LogP contribution in [0, 0.1) is 6.92 Å². The van der Waals surface area contributed by atoms with Gasteiger partial charge in [-0.2, -0.15) is 0 Å². The normalized spacial score (nSPS) is 9.93. The molecule has 1 rings (SSSR count). The van der Waals surface area contributed by atoms with E-state index in [-0.39, 0.29) is 0 Å². The molecule has 0 aliphatic rings. The number of esters is 1. The summed E-state index contributed by atoms with van der Waals surface area (Å²) in [7, 11) is 0. The zero-order chi connectivity index (χ0) is 10.6. The summed E-state index contributed by atoms with van der Waals surface area (Å²) in [6.07, 6.45) is 0. The molecule has 1 N–H and O–H groups in total. The Morgan fingerprint density at radius 3 is 2.86 bits per heavy atom. The van der Waals surface area contributed by atoms with E-state index in [1.54, 1.807) is 13.8 Å². The summed E-state index contributed by atoms with van der Waals surface area (Å²) in [5, 5.41) is 6.65. The van der Waals surface area contributed by atoms with Gasteiger partial charge in [0.2, 0.25) is 0 Å². The predicted octanol–water partition coefficient (Wildman–Crippen LogP) is 1.59. The third-order valence-electron chi connectivity index (χ3n) is 1.69. The van der Waals surface area contributed by atoms with E-state index < -0.39 is 5.97 Å². The maximum absolute atomic E-state index is 11.5. The second kappa shape index (κ2) is 4.64. The number of aryl methyl sites for hydroxylation is 1. The van der Waals surface area contributed by atoms with Crippen molar-refractivity contribution < 1.29 is 14.1 Å². The predicted molar refractivity (Wildman–Crippen MR) is 51.4 cm³/mol. The highest BCUT2D eigenvalue weighted by Gasteiger charge is 2.20. The molecule has 0 spiro atoms. The molecule has 0 fully saturated rings. The largest absolute Gasteiger partial charge is 0.462 e. The molecule has 0 unspecified atom stereocenters. The van der Waals surface area contributed by atoms with Crippen molar-refractivity contribution in [1.29, 1.82) is 0 Å². The lowest BCUT2D eigenvalue weighted by atomic mass is 10.2. The van der Waals surface area contributed by atoms with Crippen molar-refractivity contribution in [3.05, 3.63) is 11.3 Å². The summed E-state index contributed by atoms with van der Waals surface area (Å²) in [4.78, 5) is 11.5. The monoisotopic (exact) mass is 198 g/mol. The van der Waals surface area contributed by atoms with Crippen LogP contribution in [-0.2, 0) is 4.74 Å². The van der Waals surface area contributed by atoms with Gasteiger partial charge in [0.1, 0.15) is 5.56 Å². The highest BCUT2D eigenvalue weighted by atomic mass is 16.5. The minimum absolute atomic E-state index is 0.342. The Balaban J connectivity index is 2.92. The minimum Gasteiger partial charge on any atom is -0.462 e. The smallest absolute Gasteiger partial charge is 0.345 e. The highest BCUT2D eigenvalue weighted by molar-refractivity contribution is 5.95. The van der Waals surface area contributed by atoms with Crippen LogP contribution in [0.5, 0.6) is 0 Å². The Bertz CT molecular complexity index is 320. The van der Waals surface area contributed by atoms with Crippen molar-refractivity contribution in [3.8, 4) is 0 Å². The quantitative estimate of drug-likeness (QED) is 0.744. The van der Waals surface area contributed by atoms with Crippen molar-refractivity contribution >= 4 is 11.8 Å². The van der Waals surface area contributed by atoms with Crippen molar-refractivity contribution in [1.82, 2.24) is 5.16 Å². The summed E-state index contributed by atoms with van der Waals surface area (Å²) < 4.78 is 9.78. The molecule has 0 atom stereocenters.